The molecule has 1 spiro atoms. The molecule has 2 aliphatic rings. The molecule has 1 aliphatic carbocycles. The molecule has 9 nitrogen and oxygen atoms in total. The summed E-state index contributed by atoms with van der Waals surface area (Å²) in [5.74, 6) is 0.327. The number of ether oxygens (including phenoxy) is 1. The molecule has 0 bridgehead atoms. The van der Waals surface area contributed by atoms with Gasteiger partial charge in [-0.15, -0.1) is 0 Å². The summed E-state index contributed by atoms with van der Waals surface area (Å²) < 4.78 is 23.1. The molecule has 1 aromatic carbocycles. The molecule has 1 aliphatic heterocycles. The summed E-state index contributed by atoms with van der Waals surface area (Å²) in [6.45, 7) is 5.66. The van der Waals surface area contributed by atoms with Crippen molar-refractivity contribution in [2.75, 3.05) is 11.4 Å². The molecule has 10 heteroatoms. The zero-order chi connectivity index (χ0) is 25.0. The summed E-state index contributed by atoms with van der Waals surface area (Å²) in [4.78, 5) is 27.2. The largest absolute Gasteiger partial charge is 0.441 e. The molecule has 2 fully saturated rings. The number of alkyl halides is 1. The van der Waals surface area contributed by atoms with E-state index in [2.05, 4.69) is 21.0 Å². The number of hydrogen-bond donors (Lipinski definition) is 1. The molecule has 0 unspecified atom stereocenters. The molecule has 1 saturated heterocycles. The van der Waals surface area contributed by atoms with Crippen LogP contribution in [-0.4, -0.2) is 49.0 Å². The van der Waals surface area contributed by atoms with Gasteiger partial charge in [-0.2, -0.15) is 5.26 Å². The third kappa shape index (κ3) is 4.10. The van der Waals surface area contributed by atoms with Gasteiger partial charge in [-0.05, 0) is 51.3 Å². The van der Waals surface area contributed by atoms with E-state index in [1.54, 1.807) is 38.4 Å². The van der Waals surface area contributed by atoms with Gasteiger partial charge in [0.25, 0.3) is 0 Å². The fourth-order valence-corrected chi connectivity index (χ4v) is 5.27. The maximum Gasteiger partial charge on any atom is 0.416 e. The van der Waals surface area contributed by atoms with Crippen LogP contribution in [0.5, 0.6) is 0 Å². The number of hydrogen-bond acceptors (Lipinski definition) is 7. The Balaban J connectivity index is 1.39. The highest BCUT2D eigenvalue weighted by molar-refractivity contribution is 5.89. The van der Waals surface area contributed by atoms with E-state index in [1.807, 2.05) is 11.5 Å². The van der Waals surface area contributed by atoms with Crippen molar-refractivity contribution in [3.63, 3.8) is 0 Å². The number of imidazole rings is 1. The van der Waals surface area contributed by atoms with Crippen molar-refractivity contribution in [3.8, 4) is 6.07 Å². The average Bonchev–Trinajstić information content (AvgIpc) is 3.36. The lowest BCUT2D eigenvalue weighted by atomic mass is 9.67. The van der Waals surface area contributed by atoms with E-state index in [0.29, 0.717) is 36.5 Å². The summed E-state index contributed by atoms with van der Waals surface area (Å²) in [6.07, 6.45) is 3.91. The fourth-order valence-electron chi connectivity index (χ4n) is 5.27. The Kier molecular flexibility index (Phi) is 5.29. The predicted molar refractivity (Wildman–Crippen MR) is 125 cm³/mol. The number of halogens is 1. The molecule has 3 heterocycles. The third-order valence-corrected chi connectivity index (χ3v) is 7.13. The molecule has 35 heavy (non-hydrogen) atoms. The summed E-state index contributed by atoms with van der Waals surface area (Å²) >= 11 is 0. The second-order valence-corrected chi connectivity index (χ2v) is 10.5. The Hall–Kier alpha value is -3.58. The van der Waals surface area contributed by atoms with E-state index < -0.39 is 28.9 Å². The van der Waals surface area contributed by atoms with Crippen LogP contribution in [0, 0.1) is 16.7 Å². The fraction of sp³-hybridized carbons (Fsp3) is 0.480. The number of rotatable bonds is 4. The first-order valence-corrected chi connectivity index (χ1v) is 11.6. The second kappa shape index (κ2) is 7.99. The summed E-state index contributed by atoms with van der Waals surface area (Å²) in [5, 5.41) is 19.4. The number of carbonyl (C=O) groups excluding carboxylic acids is 1. The zero-order valence-electron chi connectivity index (χ0n) is 19.9. The topological polar surface area (TPSA) is 117 Å². The highest BCUT2D eigenvalue weighted by atomic mass is 19.1. The van der Waals surface area contributed by atoms with Crippen LogP contribution in [-0.2, 0) is 16.9 Å². The van der Waals surface area contributed by atoms with Crippen molar-refractivity contribution >= 4 is 22.9 Å². The van der Waals surface area contributed by atoms with Gasteiger partial charge in [0.15, 0.2) is 5.82 Å². The van der Waals surface area contributed by atoms with Gasteiger partial charge in [-0.1, -0.05) is 6.92 Å². The van der Waals surface area contributed by atoms with Gasteiger partial charge in [0.2, 0.25) is 0 Å². The minimum atomic E-state index is -1.15. The number of anilines is 1. The van der Waals surface area contributed by atoms with Crippen LogP contribution in [0.15, 0.2) is 36.9 Å². The van der Waals surface area contributed by atoms with Gasteiger partial charge in [0.1, 0.15) is 17.4 Å². The molecule has 1 saturated carbocycles. The minimum absolute atomic E-state index is 0.244. The monoisotopic (exact) mass is 478 g/mol. The van der Waals surface area contributed by atoms with E-state index in [1.165, 1.54) is 17.3 Å². The number of benzene rings is 1. The van der Waals surface area contributed by atoms with Crippen molar-refractivity contribution in [1.82, 2.24) is 19.5 Å². The average molecular weight is 479 g/mol. The van der Waals surface area contributed by atoms with Crippen LogP contribution >= 0.6 is 0 Å². The van der Waals surface area contributed by atoms with Crippen molar-refractivity contribution in [1.29, 1.82) is 5.26 Å². The first kappa shape index (κ1) is 23.2. The van der Waals surface area contributed by atoms with E-state index in [-0.39, 0.29) is 13.0 Å². The Bertz CT molecular complexity index is 1330. The molecule has 2 aromatic heterocycles. The molecule has 182 valence electrons. The lowest BCUT2D eigenvalue weighted by Crippen LogP contribution is -2.50. The van der Waals surface area contributed by atoms with Gasteiger partial charge < -0.3 is 14.4 Å². The van der Waals surface area contributed by atoms with Crippen LogP contribution < -0.4 is 4.90 Å². The number of nitriles is 1. The van der Waals surface area contributed by atoms with E-state index in [9.17, 15) is 15.2 Å². The Labute approximate surface area is 202 Å². The summed E-state index contributed by atoms with van der Waals surface area (Å²) in [7, 11) is 0. The molecule has 5 rings (SSSR count). The van der Waals surface area contributed by atoms with E-state index >= 15 is 4.39 Å². The SMILES string of the molecule is CC(C)(O)c1cnc(N2C[C@@]3(CC[C@@H](F)[C@](C)(Cn4cnc5ccc(C#N)cc54)C3)OC2=O)cn1. The molecule has 1 amide bonds. The highest BCUT2D eigenvalue weighted by Crippen LogP contribution is 2.49. The van der Waals surface area contributed by atoms with Gasteiger partial charge in [0.05, 0.1) is 53.6 Å². The number of aliphatic hydroxyl groups is 1. The van der Waals surface area contributed by atoms with Gasteiger partial charge in [-0.25, -0.2) is 19.2 Å². The maximum absolute atomic E-state index is 15.4. The third-order valence-electron chi connectivity index (χ3n) is 7.13. The highest BCUT2D eigenvalue weighted by Gasteiger charge is 2.55. The molecular formula is C25H27FN6O3. The van der Waals surface area contributed by atoms with E-state index in [0.717, 1.165) is 11.0 Å². The van der Waals surface area contributed by atoms with Crippen molar-refractivity contribution < 1.29 is 19.0 Å². The smallest absolute Gasteiger partial charge is 0.416 e. The Morgan fingerprint density at radius 3 is 2.80 bits per heavy atom. The number of aromatic nitrogens is 4. The lowest BCUT2D eigenvalue weighted by molar-refractivity contribution is -0.0663. The molecule has 1 N–H and O–H groups in total. The Morgan fingerprint density at radius 2 is 2.11 bits per heavy atom. The predicted octanol–water partition coefficient (Wildman–Crippen LogP) is 3.85. The van der Waals surface area contributed by atoms with Crippen molar-refractivity contribution in [2.24, 2.45) is 5.41 Å². The molecule has 0 radical (unpaired) electrons. The molecule has 3 aromatic rings. The molecule has 3 atom stereocenters. The number of carbonyl (C=O) groups is 1. The van der Waals surface area contributed by atoms with Gasteiger partial charge >= 0.3 is 6.09 Å². The number of amides is 1. The minimum Gasteiger partial charge on any atom is -0.441 e. The normalized spacial score (nSPS) is 26.8. The van der Waals surface area contributed by atoms with Crippen molar-refractivity contribution in [2.45, 2.75) is 64.0 Å². The first-order chi connectivity index (χ1) is 16.5. The zero-order valence-corrected chi connectivity index (χ0v) is 19.9. The number of fused-ring (bicyclic) bond motifs is 1. The first-order valence-electron chi connectivity index (χ1n) is 11.6. The van der Waals surface area contributed by atoms with Gasteiger partial charge in [0, 0.05) is 12.0 Å². The van der Waals surface area contributed by atoms with E-state index in [4.69, 9.17) is 4.74 Å². The quantitative estimate of drug-likeness (QED) is 0.605. The Morgan fingerprint density at radius 1 is 1.31 bits per heavy atom. The molecular weight excluding hydrogens is 451 g/mol. The summed E-state index contributed by atoms with van der Waals surface area (Å²) in [6, 6.07) is 7.37. The van der Waals surface area contributed by atoms with Crippen molar-refractivity contribution in [3.05, 3.63) is 48.2 Å². The standard InChI is InChI=1S/C25H27FN6O3/c1-23(2,34)20-10-29-21(11-28-20)32-14-25(35-22(32)33)7-6-19(26)24(3,12-25)13-31-15-30-17-5-4-16(9-27)8-18(17)31/h4-5,8,10-11,15,19,34H,6-7,12-14H2,1-3H3/t19-,24+,25+/m1/s1. The van der Waals surface area contributed by atoms with Gasteiger partial charge in [-0.3, -0.25) is 9.88 Å². The van der Waals surface area contributed by atoms with Crippen LogP contribution in [0.25, 0.3) is 11.0 Å². The maximum atomic E-state index is 15.4. The second-order valence-electron chi connectivity index (χ2n) is 10.5. The van der Waals surface area contributed by atoms with Crippen LogP contribution in [0.4, 0.5) is 15.0 Å². The van der Waals surface area contributed by atoms with Crippen LogP contribution in [0.2, 0.25) is 0 Å². The lowest BCUT2D eigenvalue weighted by Gasteiger charge is -2.45. The number of nitrogens with zero attached hydrogens (tertiary/aromatic N) is 6. The van der Waals surface area contributed by atoms with Crippen LogP contribution in [0.3, 0.4) is 0 Å². The van der Waals surface area contributed by atoms with Crippen LogP contribution in [0.1, 0.15) is 51.3 Å². The summed E-state index contributed by atoms with van der Waals surface area (Å²) in [5.41, 5.74) is -0.407.